The number of nitrogens with one attached hydrogen (secondary N) is 2. The van der Waals surface area contributed by atoms with E-state index in [2.05, 4.69) is 38.8 Å². The molecule has 6 rings (SSSR count). The highest BCUT2D eigenvalue weighted by molar-refractivity contribution is 6.30. The summed E-state index contributed by atoms with van der Waals surface area (Å²) >= 11 is 6.12. The van der Waals surface area contributed by atoms with Crippen LogP contribution in [0.1, 0.15) is 60.2 Å². The maximum atomic E-state index is 11.9. The number of urea groups is 1. The molecule has 220 valence electrons. The molecule has 9 heteroatoms. The van der Waals surface area contributed by atoms with Gasteiger partial charge < -0.3 is 24.8 Å². The molecule has 1 saturated heterocycles. The van der Waals surface area contributed by atoms with Crippen LogP contribution < -0.4 is 10.6 Å². The van der Waals surface area contributed by atoms with Crippen LogP contribution in [0, 0.1) is 6.92 Å². The van der Waals surface area contributed by atoms with Gasteiger partial charge in [0, 0.05) is 75.9 Å². The third kappa shape index (κ3) is 9.15. The summed E-state index contributed by atoms with van der Waals surface area (Å²) in [7, 11) is 3.68. The van der Waals surface area contributed by atoms with Crippen molar-refractivity contribution >= 4 is 29.3 Å². The minimum Gasteiger partial charge on any atom is -0.380 e. The Labute approximate surface area is 249 Å². The van der Waals surface area contributed by atoms with E-state index in [1.807, 2.05) is 54.0 Å². The average molecular weight is 579 g/mol. The number of carbonyl (C=O) groups is 1. The Kier molecular flexibility index (Phi) is 11.8. The van der Waals surface area contributed by atoms with Crippen molar-refractivity contribution < 1.29 is 9.53 Å². The predicted molar refractivity (Wildman–Crippen MR) is 166 cm³/mol. The maximum Gasteiger partial charge on any atom is 0.317 e. The summed E-state index contributed by atoms with van der Waals surface area (Å²) in [5.41, 5.74) is 6.99. The zero-order chi connectivity index (χ0) is 29.0. The molecule has 3 heterocycles. The number of aryl methyl sites for hydroxylation is 2. The quantitative estimate of drug-likeness (QED) is 0.429. The van der Waals surface area contributed by atoms with Gasteiger partial charge in [-0.05, 0) is 66.3 Å². The number of imidazole rings is 1. The normalized spacial score (nSPS) is 16.5. The fourth-order valence-electron chi connectivity index (χ4n) is 5.26. The predicted octanol–water partition coefficient (Wildman–Crippen LogP) is 5.49. The van der Waals surface area contributed by atoms with Gasteiger partial charge in [-0.15, -0.1) is 0 Å². The van der Waals surface area contributed by atoms with E-state index in [9.17, 15) is 4.79 Å². The first-order valence-electron chi connectivity index (χ1n) is 14.6. The van der Waals surface area contributed by atoms with Gasteiger partial charge >= 0.3 is 6.03 Å². The highest BCUT2D eigenvalue weighted by atomic mass is 35.5. The van der Waals surface area contributed by atoms with E-state index in [0.717, 1.165) is 72.9 Å². The lowest BCUT2D eigenvalue weighted by molar-refractivity contribution is 0.183. The molecule has 8 nitrogen and oxygen atoms in total. The number of amides is 2. The van der Waals surface area contributed by atoms with E-state index in [-0.39, 0.29) is 6.03 Å². The lowest BCUT2D eigenvalue weighted by atomic mass is 9.96. The minimum atomic E-state index is 0.142. The second-order valence-corrected chi connectivity index (χ2v) is 11.2. The number of hydrogen-bond acceptors (Lipinski definition) is 5. The van der Waals surface area contributed by atoms with Crippen LogP contribution >= 0.6 is 11.6 Å². The van der Waals surface area contributed by atoms with Gasteiger partial charge in [0.25, 0.3) is 0 Å². The summed E-state index contributed by atoms with van der Waals surface area (Å²) in [5.74, 6) is 0. The van der Waals surface area contributed by atoms with Crippen molar-refractivity contribution in [3.63, 3.8) is 0 Å². The molecule has 0 unspecified atom stereocenters. The molecule has 0 atom stereocenters. The third-order valence-corrected chi connectivity index (χ3v) is 7.96. The number of ether oxygens (including phenoxy) is 1. The molecule has 0 bridgehead atoms. The van der Waals surface area contributed by atoms with Crippen LogP contribution in [0.2, 0.25) is 5.02 Å². The largest absolute Gasteiger partial charge is 0.380 e. The molecule has 41 heavy (non-hydrogen) atoms. The first-order valence-corrected chi connectivity index (χ1v) is 14.9. The van der Waals surface area contributed by atoms with Crippen LogP contribution in [0.3, 0.4) is 0 Å². The number of carbonyl (C=O) groups excluding carboxylic acids is 1. The summed E-state index contributed by atoms with van der Waals surface area (Å²) < 4.78 is 7.29. The first kappa shape index (κ1) is 30.8. The maximum absolute atomic E-state index is 11.9. The number of pyridine rings is 1. The molecule has 2 aliphatic carbocycles. The van der Waals surface area contributed by atoms with Crippen molar-refractivity contribution in [2.24, 2.45) is 7.05 Å². The zero-order valence-electron chi connectivity index (χ0n) is 24.5. The minimum absolute atomic E-state index is 0.142. The number of rotatable bonds is 3. The van der Waals surface area contributed by atoms with Crippen LogP contribution in [0.15, 0.2) is 49.1 Å². The summed E-state index contributed by atoms with van der Waals surface area (Å²) in [6, 6.07) is 10.6. The number of methoxy groups -OCH3 is 1. The standard InChI is InChI=1S/C16H14ClNO.C11H21N3O.C5H8N2/c1-19-10-13-7-12-3-2-6-18-16(12)8-11-4-5-14(17)9-15(11)13;15-11(14-8-6-12-7-9-14)13-10-4-2-1-3-5-10;1-5-3-6-4-7(5)2/h2-7,9H,8,10H2,1H3;10,12H,1-9H2,(H,13,15);3-4H,1-2H3. The van der Waals surface area contributed by atoms with E-state index in [4.69, 9.17) is 16.3 Å². The Morgan fingerprint density at radius 1 is 1.17 bits per heavy atom. The highest BCUT2D eigenvalue weighted by Crippen LogP contribution is 2.31. The summed E-state index contributed by atoms with van der Waals surface area (Å²) in [6.45, 7) is 6.14. The molecule has 2 fully saturated rings. The fraction of sp³-hybridized carbons (Fsp3) is 0.469. The average Bonchev–Trinajstić information content (AvgIpc) is 3.30. The first-order chi connectivity index (χ1) is 19.9. The van der Waals surface area contributed by atoms with Crippen molar-refractivity contribution in [1.29, 1.82) is 0 Å². The summed E-state index contributed by atoms with van der Waals surface area (Å²) in [4.78, 5) is 22.1. The van der Waals surface area contributed by atoms with E-state index in [1.54, 1.807) is 13.4 Å². The molecule has 2 amide bonds. The molecule has 1 aliphatic heterocycles. The van der Waals surface area contributed by atoms with Crippen molar-refractivity contribution in [2.45, 2.75) is 51.5 Å². The number of nitrogens with zero attached hydrogens (tertiary/aromatic N) is 4. The topological polar surface area (TPSA) is 84.3 Å². The SMILES string of the molecule is COCC1=Cc2cccnc2Cc2ccc(Cl)cc21.Cc1cncn1C.O=C(NC1CCCCC1)N1CCNCC1. The fourth-order valence-corrected chi connectivity index (χ4v) is 5.43. The van der Waals surface area contributed by atoms with Crippen molar-refractivity contribution in [2.75, 3.05) is 39.9 Å². The Morgan fingerprint density at radius 2 is 1.95 bits per heavy atom. The molecular weight excluding hydrogens is 536 g/mol. The number of piperazine rings is 1. The number of benzene rings is 1. The number of aromatic nitrogens is 3. The number of fused-ring (bicyclic) bond motifs is 2. The van der Waals surface area contributed by atoms with E-state index in [0.29, 0.717) is 12.6 Å². The molecule has 0 radical (unpaired) electrons. The molecule has 1 aromatic carbocycles. The molecule has 0 spiro atoms. The van der Waals surface area contributed by atoms with Gasteiger partial charge in [-0.2, -0.15) is 0 Å². The van der Waals surface area contributed by atoms with Crippen molar-refractivity contribution in [3.05, 3.63) is 82.2 Å². The lowest BCUT2D eigenvalue weighted by Gasteiger charge is -2.31. The van der Waals surface area contributed by atoms with E-state index >= 15 is 0 Å². The van der Waals surface area contributed by atoms with Crippen LogP contribution in [-0.2, 0) is 18.2 Å². The van der Waals surface area contributed by atoms with Gasteiger partial charge in [-0.3, -0.25) is 4.98 Å². The molecule has 1 saturated carbocycles. The zero-order valence-corrected chi connectivity index (χ0v) is 25.3. The Balaban J connectivity index is 0.000000156. The Bertz CT molecular complexity index is 1280. The Hall–Kier alpha value is -3.20. The van der Waals surface area contributed by atoms with Crippen LogP contribution in [0.25, 0.3) is 11.6 Å². The lowest BCUT2D eigenvalue weighted by Crippen LogP contribution is -2.52. The Morgan fingerprint density at radius 3 is 2.61 bits per heavy atom. The van der Waals surface area contributed by atoms with Gasteiger partial charge in [0.1, 0.15) is 0 Å². The van der Waals surface area contributed by atoms with Crippen LogP contribution in [-0.4, -0.2) is 71.4 Å². The second-order valence-electron chi connectivity index (χ2n) is 10.8. The smallest absolute Gasteiger partial charge is 0.317 e. The van der Waals surface area contributed by atoms with Crippen molar-refractivity contribution in [3.8, 4) is 0 Å². The second kappa shape index (κ2) is 15.7. The van der Waals surface area contributed by atoms with E-state index in [1.165, 1.54) is 30.5 Å². The van der Waals surface area contributed by atoms with Gasteiger partial charge in [0.15, 0.2) is 0 Å². The number of hydrogen-bond donors (Lipinski definition) is 2. The van der Waals surface area contributed by atoms with Gasteiger partial charge in [-0.1, -0.05) is 43.0 Å². The molecule has 2 N–H and O–H groups in total. The van der Waals surface area contributed by atoms with Gasteiger partial charge in [0.2, 0.25) is 0 Å². The summed E-state index contributed by atoms with van der Waals surface area (Å²) in [6.07, 6.45) is 14.6. The van der Waals surface area contributed by atoms with E-state index < -0.39 is 0 Å². The number of halogens is 1. The third-order valence-electron chi connectivity index (χ3n) is 7.73. The van der Waals surface area contributed by atoms with Gasteiger partial charge in [-0.25, -0.2) is 9.78 Å². The van der Waals surface area contributed by atoms with Crippen LogP contribution in [0.4, 0.5) is 4.79 Å². The van der Waals surface area contributed by atoms with Crippen molar-refractivity contribution in [1.82, 2.24) is 30.1 Å². The monoisotopic (exact) mass is 578 g/mol. The van der Waals surface area contributed by atoms with Crippen LogP contribution in [0.5, 0.6) is 0 Å². The summed E-state index contributed by atoms with van der Waals surface area (Å²) in [5, 5.41) is 7.15. The van der Waals surface area contributed by atoms with Gasteiger partial charge in [0.05, 0.1) is 18.6 Å². The molecule has 2 aromatic heterocycles. The molecule has 3 aliphatic rings. The molecular formula is C32H43ClN6O2. The molecule has 3 aromatic rings. The highest BCUT2D eigenvalue weighted by Gasteiger charge is 2.21.